The van der Waals surface area contributed by atoms with Gasteiger partial charge >= 0.3 is 0 Å². The van der Waals surface area contributed by atoms with Gasteiger partial charge in [-0.25, -0.2) is 0 Å². The van der Waals surface area contributed by atoms with E-state index < -0.39 is 0 Å². The molecule has 1 aliphatic heterocycles. The molecule has 1 heterocycles. The van der Waals surface area contributed by atoms with E-state index in [0.29, 0.717) is 0 Å². The van der Waals surface area contributed by atoms with Gasteiger partial charge in [-0.05, 0) is 80.2 Å². The lowest BCUT2D eigenvalue weighted by atomic mass is 9.93. The zero-order chi connectivity index (χ0) is 18.9. The smallest absolute Gasteiger partial charge is 0.240 e. The number of methoxy groups -OCH3 is 1. The van der Waals surface area contributed by atoms with E-state index in [1.54, 1.807) is 7.11 Å². The van der Waals surface area contributed by atoms with E-state index in [2.05, 4.69) is 41.4 Å². The van der Waals surface area contributed by atoms with Crippen molar-refractivity contribution in [3.8, 4) is 5.75 Å². The van der Waals surface area contributed by atoms with Crippen molar-refractivity contribution in [1.82, 2.24) is 10.2 Å². The van der Waals surface area contributed by atoms with Gasteiger partial charge in [-0.3, -0.25) is 9.69 Å². The zero-order valence-corrected chi connectivity index (χ0v) is 16.5. The number of fused-ring (bicyclic) bond motifs is 1. The Hall–Kier alpha value is -2.07. The van der Waals surface area contributed by atoms with Gasteiger partial charge in [-0.1, -0.05) is 31.0 Å². The van der Waals surface area contributed by atoms with E-state index in [0.717, 1.165) is 55.5 Å². The fourth-order valence-corrected chi connectivity index (χ4v) is 4.84. The Labute approximate surface area is 161 Å². The molecule has 0 radical (unpaired) electrons. The number of nitrogens with one attached hydrogen (secondary N) is 1. The van der Waals surface area contributed by atoms with Crippen LogP contribution in [0.15, 0.2) is 36.4 Å². The van der Waals surface area contributed by atoms with E-state index in [-0.39, 0.29) is 17.5 Å². The average Bonchev–Trinajstić information content (AvgIpc) is 3.39. The van der Waals surface area contributed by atoms with Crippen molar-refractivity contribution >= 4 is 16.7 Å². The minimum atomic E-state index is -0.269. The molecular formula is C23H30N2O2. The molecule has 0 aromatic heterocycles. The highest BCUT2D eigenvalue weighted by molar-refractivity contribution is 5.88. The van der Waals surface area contributed by atoms with Crippen molar-refractivity contribution in [3.05, 3.63) is 42.0 Å². The number of carbonyl (C=O) groups is 1. The van der Waals surface area contributed by atoms with Crippen LogP contribution >= 0.6 is 0 Å². The summed E-state index contributed by atoms with van der Waals surface area (Å²) in [7, 11) is 1.69. The van der Waals surface area contributed by atoms with Crippen molar-refractivity contribution in [2.75, 3.05) is 20.2 Å². The Kier molecular flexibility index (Phi) is 5.09. The summed E-state index contributed by atoms with van der Waals surface area (Å²) in [5.74, 6) is 1.09. The van der Waals surface area contributed by atoms with Crippen LogP contribution in [0.25, 0.3) is 10.8 Å². The summed E-state index contributed by atoms with van der Waals surface area (Å²) in [4.78, 5) is 15.8. The van der Waals surface area contributed by atoms with Gasteiger partial charge in [0.15, 0.2) is 0 Å². The highest BCUT2D eigenvalue weighted by Gasteiger charge is 2.47. The van der Waals surface area contributed by atoms with E-state index in [1.165, 1.54) is 18.2 Å². The van der Waals surface area contributed by atoms with Gasteiger partial charge in [0.1, 0.15) is 11.3 Å². The third kappa shape index (κ3) is 3.43. The van der Waals surface area contributed by atoms with Gasteiger partial charge in [0.2, 0.25) is 5.91 Å². The molecule has 2 fully saturated rings. The van der Waals surface area contributed by atoms with E-state index in [1.807, 2.05) is 12.1 Å². The summed E-state index contributed by atoms with van der Waals surface area (Å²) in [5, 5.41) is 5.66. The SMILES string of the molecule is COc1ccc2cc(C(C)NC(=O)C3(N4CCCC4)CCCC3)ccc2c1. The molecule has 27 heavy (non-hydrogen) atoms. The second kappa shape index (κ2) is 7.51. The molecule has 1 N–H and O–H groups in total. The quantitative estimate of drug-likeness (QED) is 0.851. The summed E-state index contributed by atoms with van der Waals surface area (Å²) in [6.07, 6.45) is 6.77. The van der Waals surface area contributed by atoms with Gasteiger partial charge in [-0.15, -0.1) is 0 Å². The number of carbonyl (C=O) groups excluding carboxylic acids is 1. The van der Waals surface area contributed by atoms with Crippen LogP contribution in [-0.4, -0.2) is 36.5 Å². The summed E-state index contributed by atoms with van der Waals surface area (Å²) in [6, 6.07) is 12.5. The number of nitrogens with zero attached hydrogens (tertiary/aromatic N) is 1. The van der Waals surface area contributed by atoms with Gasteiger partial charge in [0.25, 0.3) is 0 Å². The molecule has 1 aliphatic carbocycles. The maximum atomic E-state index is 13.3. The molecule has 1 atom stereocenters. The maximum Gasteiger partial charge on any atom is 0.240 e. The second-order valence-corrected chi connectivity index (χ2v) is 8.10. The topological polar surface area (TPSA) is 41.6 Å². The van der Waals surface area contributed by atoms with Crippen molar-refractivity contribution in [2.24, 2.45) is 0 Å². The molecule has 4 heteroatoms. The lowest BCUT2D eigenvalue weighted by Crippen LogP contribution is -2.56. The van der Waals surface area contributed by atoms with Crippen LogP contribution in [0.5, 0.6) is 5.75 Å². The predicted molar refractivity (Wildman–Crippen MR) is 109 cm³/mol. The van der Waals surface area contributed by atoms with Crippen LogP contribution in [0.2, 0.25) is 0 Å². The molecule has 2 aromatic rings. The van der Waals surface area contributed by atoms with Gasteiger partial charge < -0.3 is 10.1 Å². The summed E-state index contributed by atoms with van der Waals surface area (Å²) in [6.45, 7) is 4.23. The van der Waals surface area contributed by atoms with Crippen LogP contribution in [-0.2, 0) is 4.79 Å². The third-order valence-electron chi connectivity index (χ3n) is 6.48. The largest absolute Gasteiger partial charge is 0.497 e. The van der Waals surface area contributed by atoms with Crippen molar-refractivity contribution in [1.29, 1.82) is 0 Å². The lowest BCUT2D eigenvalue weighted by Gasteiger charge is -2.38. The van der Waals surface area contributed by atoms with Gasteiger partial charge in [0, 0.05) is 0 Å². The van der Waals surface area contributed by atoms with E-state index >= 15 is 0 Å². The molecule has 2 aliphatic rings. The Bertz CT molecular complexity index is 820. The van der Waals surface area contributed by atoms with Crippen molar-refractivity contribution < 1.29 is 9.53 Å². The summed E-state index contributed by atoms with van der Waals surface area (Å²) >= 11 is 0. The molecular weight excluding hydrogens is 336 g/mol. The molecule has 4 nitrogen and oxygen atoms in total. The Morgan fingerprint density at radius 1 is 1.04 bits per heavy atom. The predicted octanol–water partition coefficient (Wildman–Crippen LogP) is 4.43. The molecule has 4 rings (SSSR count). The Morgan fingerprint density at radius 3 is 2.41 bits per heavy atom. The lowest BCUT2D eigenvalue weighted by molar-refractivity contribution is -0.133. The highest BCUT2D eigenvalue weighted by Crippen LogP contribution is 2.38. The first kappa shape index (κ1) is 18.3. The summed E-state index contributed by atoms with van der Waals surface area (Å²) < 4.78 is 5.31. The minimum absolute atomic E-state index is 0.00378. The van der Waals surface area contributed by atoms with Crippen LogP contribution in [0.1, 0.15) is 57.1 Å². The molecule has 1 unspecified atom stereocenters. The normalized spacial score (nSPS) is 20.7. The first-order valence-electron chi connectivity index (χ1n) is 10.3. The number of hydrogen-bond donors (Lipinski definition) is 1. The van der Waals surface area contributed by atoms with Gasteiger partial charge in [0.05, 0.1) is 13.2 Å². The number of amides is 1. The highest BCUT2D eigenvalue weighted by atomic mass is 16.5. The number of rotatable bonds is 5. The molecule has 1 saturated heterocycles. The fraction of sp³-hybridized carbons (Fsp3) is 0.522. The van der Waals surface area contributed by atoms with Crippen LogP contribution in [0.3, 0.4) is 0 Å². The molecule has 1 amide bonds. The van der Waals surface area contributed by atoms with Crippen molar-refractivity contribution in [2.45, 2.75) is 57.0 Å². The van der Waals surface area contributed by atoms with Crippen LogP contribution in [0, 0.1) is 0 Å². The molecule has 0 bridgehead atoms. The Morgan fingerprint density at radius 2 is 1.70 bits per heavy atom. The zero-order valence-electron chi connectivity index (χ0n) is 16.5. The second-order valence-electron chi connectivity index (χ2n) is 8.10. The molecule has 1 saturated carbocycles. The molecule has 2 aromatic carbocycles. The standard InChI is InChI=1S/C23H30N2O2/c1-17(18-7-8-20-16-21(27-2)10-9-19(20)15-18)24-22(26)23(11-3-4-12-23)25-13-5-6-14-25/h7-10,15-17H,3-6,11-14H2,1-2H3,(H,24,26). The number of likely N-dealkylation sites (tertiary alicyclic amines) is 1. The number of ether oxygens (including phenoxy) is 1. The maximum absolute atomic E-state index is 13.3. The van der Waals surface area contributed by atoms with Crippen LogP contribution < -0.4 is 10.1 Å². The number of hydrogen-bond acceptors (Lipinski definition) is 3. The third-order valence-corrected chi connectivity index (χ3v) is 6.48. The Balaban J connectivity index is 1.53. The van der Waals surface area contributed by atoms with Crippen molar-refractivity contribution in [3.63, 3.8) is 0 Å². The van der Waals surface area contributed by atoms with Gasteiger partial charge in [-0.2, -0.15) is 0 Å². The number of benzene rings is 2. The molecule has 144 valence electrons. The first-order valence-corrected chi connectivity index (χ1v) is 10.3. The molecule has 0 spiro atoms. The van der Waals surface area contributed by atoms with E-state index in [9.17, 15) is 4.79 Å². The monoisotopic (exact) mass is 366 g/mol. The van der Waals surface area contributed by atoms with Crippen LogP contribution in [0.4, 0.5) is 0 Å². The minimum Gasteiger partial charge on any atom is -0.497 e. The van der Waals surface area contributed by atoms with E-state index in [4.69, 9.17) is 4.74 Å². The average molecular weight is 367 g/mol. The fourth-order valence-electron chi connectivity index (χ4n) is 4.84. The summed E-state index contributed by atoms with van der Waals surface area (Å²) in [5.41, 5.74) is 0.880. The first-order chi connectivity index (χ1) is 13.1.